The average Bonchev–Trinajstić information content (AvgIpc) is 3.80. The maximum atomic E-state index is 14.4. The maximum Gasteiger partial charge on any atom is 0.249 e. The molecule has 17 nitrogen and oxygen atoms in total. The molecule has 10 heterocycles. The number of fused-ring (bicyclic) bond motifs is 6. The molecule has 11 aliphatic rings. The minimum atomic E-state index is -0.983. The molecule has 20 atom stereocenters. The summed E-state index contributed by atoms with van der Waals surface area (Å²) in [5.74, 6) is -1.61. The second-order valence-electron chi connectivity index (χ2n) is 20.8. The van der Waals surface area contributed by atoms with Crippen LogP contribution in [0.15, 0.2) is 24.3 Å². The molecule has 17 heteroatoms. The van der Waals surface area contributed by atoms with Crippen LogP contribution in [0.4, 0.5) is 0 Å². The van der Waals surface area contributed by atoms with Crippen molar-refractivity contribution in [3.63, 3.8) is 0 Å². The Morgan fingerprint density at radius 1 is 0.815 bits per heavy atom. The maximum absolute atomic E-state index is 14.4. The van der Waals surface area contributed by atoms with Gasteiger partial charge in [-0.05, 0) is 80.8 Å². The number of carbonyl (C=O) groups is 3. The third-order valence-electron chi connectivity index (χ3n) is 16.2. The SMILES string of the molecule is C=C1C[C@@H]2CC[C@@]34C[C@H]5OC6[C@@H](O[C@H]7CC[C@H](CC(=O)C[C@@H]8[C@@H](OC)[C@@H](C[C@H](O)CNC(=O)[C@H](OCNC(=O)CN)C9CC9)O[C@H]8C[C@H]8O[C@@H](CC[C@@H]1O2)C[C@@H](C)C8=C)O[C@@H]7[C@@H]6O3)[C@H]5O4. The van der Waals surface area contributed by atoms with Crippen LogP contribution < -0.4 is 16.4 Å². The average molecular weight is 914 g/mol. The molecule has 1 unspecified atom stereocenters. The fourth-order valence-electron chi connectivity index (χ4n) is 12.7. The molecule has 10 aliphatic heterocycles. The zero-order valence-corrected chi connectivity index (χ0v) is 38.0. The van der Waals surface area contributed by atoms with Gasteiger partial charge in [-0.15, -0.1) is 0 Å². The van der Waals surface area contributed by atoms with Crippen LogP contribution in [-0.2, 0) is 61.8 Å². The predicted molar refractivity (Wildman–Crippen MR) is 230 cm³/mol. The van der Waals surface area contributed by atoms with Crippen molar-refractivity contribution >= 4 is 17.6 Å². The first-order chi connectivity index (χ1) is 31.4. The van der Waals surface area contributed by atoms with E-state index < -0.39 is 42.4 Å². The smallest absolute Gasteiger partial charge is 0.249 e. The van der Waals surface area contributed by atoms with E-state index in [4.69, 9.17) is 53.1 Å². The lowest BCUT2D eigenvalue weighted by atomic mass is 9.81. The minimum Gasteiger partial charge on any atom is -0.391 e. The summed E-state index contributed by atoms with van der Waals surface area (Å²) in [4.78, 5) is 39.2. The van der Waals surface area contributed by atoms with Gasteiger partial charge in [0.2, 0.25) is 11.8 Å². The van der Waals surface area contributed by atoms with E-state index in [1.54, 1.807) is 7.11 Å². The van der Waals surface area contributed by atoms with Crippen LogP contribution in [0.1, 0.15) is 103 Å². The molecule has 362 valence electrons. The molecule has 5 N–H and O–H groups in total. The molecule has 0 aromatic carbocycles. The number of rotatable bonds is 11. The van der Waals surface area contributed by atoms with Gasteiger partial charge in [-0.1, -0.05) is 20.1 Å². The molecule has 0 aromatic heterocycles. The number of ether oxygens (including phenoxy) is 10. The van der Waals surface area contributed by atoms with Gasteiger partial charge >= 0.3 is 0 Å². The minimum absolute atomic E-state index is 0.0114. The molecule has 12 bridgehead atoms. The normalized spacial score (nSPS) is 45.7. The van der Waals surface area contributed by atoms with E-state index in [-0.39, 0.29) is 142 Å². The number of aliphatic hydroxyl groups is 1. The van der Waals surface area contributed by atoms with Gasteiger partial charge in [-0.25, -0.2) is 0 Å². The molecule has 10 saturated heterocycles. The number of hydrogen-bond donors (Lipinski definition) is 4. The van der Waals surface area contributed by atoms with E-state index in [9.17, 15) is 19.5 Å². The number of Topliss-reactive ketones (excluding diaryl/α,β-unsaturated/α-hetero) is 1. The Morgan fingerprint density at radius 3 is 2.37 bits per heavy atom. The summed E-state index contributed by atoms with van der Waals surface area (Å²) < 4.78 is 66.3. The van der Waals surface area contributed by atoms with E-state index in [0.717, 1.165) is 62.5 Å². The highest BCUT2D eigenvalue weighted by atomic mass is 16.8. The van der Waals surface area contributed by atoms with Crippen LogP contribution in [0.5, 0.6) is 0 Å². The van der Waals surface area contributed by atoms with E-state index >= 15 is 0 Å². The zero-order valence-electron chi connectivity index (χ0n) is 38.0. The Morgan fingerprint density at radius 2 is 1.57 bits per heavy atom. The summed E-state index contributed by atoms with van der Waals surface area (Å²) in [5, 5.41) is 16.8. The van der Waals surface area contributed by atoms with Crippen molar-refractivity contribution < 1.29 is 66.9 Å². The summed E-state index contributed by atoms with van der Waals surface area (Å²) >= 11 is 0. The highest BCUT2D eigenvalue weighted by Gasteiger charge is 2.69. The van der Waals surface area contributed by atoms with Gasteiger partial charge in [-0.2, -0.15) is 0 Å². The van der Waals surface area contributed by atoms with E-state index in [1.807, 2.05) is 0 Å². The van der Waals surface area contributed by atoms with Crippen molar-refractivity contribution in [1.29, 1.82) is 0 Å². The summed E-state index contributed by atoms with van der Waals surface area (Å²) in [6.45, 7) is 10.8. The van der Waals surface area contributed by atoms with Gasteiger partial charge in [0.25, 0.3) is 0 Å². The lowest BCUT2D eigenvalue weighted by Gasteiger charge is -2.47. The first-order valence-corrected chi connectivity index (χ1v) is 24.6. The van der Waals surface area contributed by atoms with Crippen LogP contribution >= 0.6 is 0 Å². The Bertz CT molecular complexity index is 1800. The molecule has 11 rings (SSSR count). The number of aliphatic hydroxyl groups excluding tert-OH is 1. The first kappa shape index (κ1) is 46.3. The third kappa shape index (κ3) is 9.65. The Kier molecular flexibility index (Phi) is 13.7. The van der Waals surface area contributed by atoms with Gasteiger partial charge in [0, 0.05) is 58.1 Å². The standard InChI is InChI=1S/C48H71N3O14/c1-23-13-29-7-9-33-24(2)14-31(58-33)11-12-48-19-38-43(64-48)44-45(63-38)46(65-48)42-34(62-44)10-8-30(60-42)15-27(52)16-32-36(18-35(59-29)25(23)3)61-37(41(32)56-4)17-28(53)21-50-47(55)40(26-5-6-26)57-22-51-39(54)20-49/h23,26,28-38,40-46,53H,2-3,5-22,49H2,1,4H3,(H,50,55)(H,51,54)/t23-,28+,29+,30-,31+,32+,33+,34+,35-,36+,37-,38-,40-,41-,42+,43+,44+,45?,46+,48+/m1/s1. The van der Waals surface area contributed by atoms with Crippen LogP contribution in [0.25, 0.3) is 0 Å². The van der Waals surface area contributed by atoms with Gasteiger partial charge < -0.3 is 68.8 Å². The lowest BCUT2D eigenvalue weighted by molar-refractivity contribution is -0.292. The van der Waals surface area contributed by atoms with Crippen molar-refractivity contribution in [3.05, 3.63) is 24.3 Å². The van der Waals surface area contributed by atoms with Crippen LogP contribution in [0, 0.1) is 17.8 Å². The van der Waals surface area contributed by atoms with Crippen LogP contribution in [-0.4, -0.2) is 159 Å². The van der Waals surface area contributed by atoms with Gasteiger partial charge in [-0.3, -0.25) is 14.4 Å². The largest absolute Gasteiger partial charge is 0.391 e. The molecule has 2 amide bonds. The number of amides is 2. The van der Waals surface area contributed by atoms with Gasteiger partial charge in [0.1, 0.15) is 49.1 Å². The summed E-state index contributed by atoms with van der Waals surface area (Å²) in [7, 11) is 1.62. The second kappa shape index (κ2) is 19.2. The molecule has 0 aromatic rings. The van der Waals surface area contributed by atoms with Crippen LogP contribution in [0.3, 0.4) is 0 Å². The third-order valence-corrected chi connectivity index (χ3v) is 16.2. The quantitative estimate of drug-likeness (QED) is 0.173. The van der Waals surface area contributed by atoms with Gasteiger partial charge in [0.05, 0.1) is 73.7 Å². The molecule has 1 spiro atoms. The van der Waals surface area contributed by atoms with Crippen molar-refractivity contribution in [2.75, 3.05) is 26.9 Å². The van der Waals surface area contributed by atoms with Gasteiger partial charge in [0.15, 0.2) is 5.79 Å². The van der Waals surface area contributed by atoms with Crippen molar-refractivity contribution in [2.45, 2.75) is 213 Å². The van der Waals surface area contributed by atoms with E-state index in [1.165, 1.54) is 0 Å². The second-order valence-corrected chi connectivity index (χ2v) is 20.8. The molecular weight excluding hydrogens is 843 g/mol. The Balaban J connectivity index is 0.856. The summed E-state index contributed by atoms with van der Waals surface area (Å²) in [5.41, 5.74) is 7.49. The monoisotopic (exact) mass is 913 g/mol. The van der Waals surface area contributed by atoms with E-state index in [2.05, 4.69) is 30.7 Å². The number of nitrogens with one attached hydrogen (secondary N) is 2. The predicted octanol–water partition coefficient (Wildman–Crippen LogP) is 2.42. The van der Waals surface area contributed by atoms with Crippen LogP contribution in [0.2, 0.25) is 0 Å². The lowest BCUT2D eigenvalue weighted by Crippen LogP contribution is -2.61. The van der Waals surface area contributed by atoms with Crippen molar-refractivity contribution in [3.8, 4) is 0 Å². The molecule has 0 radical (unpaired) electrons. The Hall–Kier alpha value is -2.39. The van der Waals surface area contributed by atoms with Crippen molar-refractivity contribution in [2.24, 2.45) is 23.5 Å². The molecular formula is C48H71N3O14. The van der Waals surface area contributed by atoms with Crippen molar-refractivity contribution in [1.82, 2.24) is 10.6 Å². The molecule has 1 saturated carbocycles. The highest BCUT2D eigenvalue weighted by Crippen LogP contribution is 2.54. The summed E-state index contributed by atoms with van der Waals surface area (Å²) in [6.07, 6.45) is 3.67. The van der Waals surface area contributed by atoms with E-state index in [0.29, 0.717) is 25.7 Å². The fourth-order valence-corrected chi connectivity index (χ4v) is 12.7. The fraction of sp³-hybridized carbons (Fsp3) is 0.854. The Labute approximate surface area is 381 Å². The molecule has 65 heavy (non-hydrogen) atoms. The number of nitrogens with two attached hydrogens (primary N) is 1. The number of hydrogen-bond acceptors (Lipinski definition) is 15. The zero-order chi connectivity index (χ0) is 45.1. The molecule has 1 aliphatic carbocycles. The number of carbonyl (C=O) groups excluding carboxylic acids is 3. The summed E-state index contributed by atoms with van der Waals surface area (Å²) in [6, 6.07) is 0. The number of ketones is 1. The molecule has 11 fully saturated rings. The topological polar surface area (TPSA) is 214 Å². The number of methoxy groups -OCH3 is 1. The highest BCUT2D eigenvalue weighted by molar-refractivity contribution is 5.81. The first-order valence-electron chi connectivity index (χ1n) is 24.6.